The smallest absolute Gasteiger partial charge is 0.237 e. The van der Waals surface area contributed by atoms with Gasteiger partial charge in [-0.15, -0.1) is 0 Å². The van der Waals surface area contributed by atoms with Gasteiger partial charge in [-0.1, -0.05) is 13.8 Å². The predicted molar refractivity (Wildman–Crippen MR) is 66.5 cm³/mol. The van der Waals surface area contributed by atoms with Crippen molar-refractivity contribution in [1.29, 1.82) is 0 Å². The highest BCUT2D eigenvalue weighted by Gasteiger charge is 2.26. The first-order valence-corrected chi connectivity index (χ1v) is 6.37. The average molecular weight is 235 g/mol. The predicted octanol–water partition coefficient (Wildman–Crippen LogP) is 2.14. The highest BCUT2D eigenvalue weighted by molar-refractivity contribution is 5.17. The lowest BCUT2D eigenvalue weighted by molar-refractivity contribution is 0.0949. The first-order valence-electron chi connectivity index (χ1n) is 6.37. The Balaban J connectivity index is 2.01. The molecule has 4 heteroatoms. The van der Waals surface area contributed by atoms with Gasteiger partial charge in [0.05, 0.1) is 0 Å². The van der Waals surface area contributed by atoms with Crippen LogP contribution in [-0.2, 0) is 6.54 Å². The summed E-state index contributed by atoms with van der Waals surface area (Å²) in [5.74, 6) is 2.12. The molecule has 0 spiro atoms. The topological polar surface area (TPSA) is 61.0 Å². The molecule has 1 aliphatic carbocycles. The largest absolute Gasteiger partial charge is 0.473 e. The summed E-state index contributed by atoms with van der Waals surface area (Å²) in [4.78, 5) is 8.41. The number of nitrogens with two attached hydrogens (primary N) is 1. The third-order valence-electron chi connectivity index (χ3n) is 3.76. The Labute approximate surface area is 103 Å². The van der Waals surface area contributed by atoms with E-state index in [1.165, 1.54) is 6.42 Å². The van der Waals surface area contributed by atoms with Gasteiger partial charge in [-0.2, -0.15) is 0 Å². The highest BCUT2D eigenvalue weighted by atomic mass is 16.5. The van der Waals surface area contributed by atoms with Gasteiger partial charge in [0.1, 0.15) is 11.8 Å². The van der Waals surface area contributed by atoms with E-state index in [1.807, 2.05) is 0 Å². The minimum atomic E-state index is 0.267. The van der Waals surface area contributed by atoms with Gasteiger partial charge in [0, 0.05) is 18.9 Å². The van der Waals surface area contributed by atoms with Crippen LogP contribution in [0.15, 0.2) is 12.4 Å². The second-order valence-corrected chi connectivity index (χ2v) is 5.02. The SMILES string of the molecule is CC1CCC(Oc2nccnc2CN)CC1C. The van der Waals surface area contributed by atoms with Crippen LogP contribution in [0.2, 0.25) is 0 Å². The fraction of sp³-hybridized carbons (Fsp3) is 0.692. The Morgan fingerprint density at radius 1 is 1.24 bits per heavy atom. The van der Waals surface area contributed by atoms with E-state index in [2.05, 4.69) is 23.8 Å². The van der Waals surface area contributed by atoms with Gasteiger partial charge < -0.3 is 10.5 Å². The van der Waals surface area contributed by atoms with Crippen LogP contribution >= 0.6 is 0 Å². The standard InChI is InChI=1S/C13H21N3O/c1-9-3-4-11(7-10(9)2)17-13-12(8-14)15-5-6-16-13/h5-6,9-11H,3-4,7-8,14H2,1-2H3. The molecule has 2 N–H and O–H groups in total. The molecular formula is C13H21N3O. The average Bonchev–Trinajstić information content (AvgIpc) is 2.34. The zero-order chi connectivity index (χ0) is 12.3. The first kappa shape index (κ1) is 12.3. The van der Waals surface area contributed by atoms with Crippen molar-refractivity contribution in [3.63, 3.8) is 0 Å². The maximum atomic E-state index is 5.94. The van der Waals surface area contributed by atoms with Crippen LogP contribution in [0.3, 0.4) is 0 Å². The van der Waals surface area contributed by atoms with Crippen LogP contribution in [0.5, 0.6) is 5.88 Å². The van der Waals surface area contributed by atoms with Crippen LogP contribution in [0, 0.1) is 11.8 Å². The maximum absolute atomic E-state index is 5.94. The monoisotopic (exact) mass is 235 g/mol. The molecular weight excluding hydrogens is 214 g/mol. The Morgan fingerprint density at radius 2 is 2.00 bits per heavy atom. The Hall–Kier alpha value is -1.16. The summed E-state index contributed by atoms with van der Waals surface area (Å²) in [6, 6.07) is 0. The van der Waals surface area contributed by atoms with Gasteiger partial charge in [0.25, 0.3) is 0 Å². The molecule has 0 radical (unpaired) electrons. The molecule has 1 saturated carbocycles. The van der Waals surface area contributed by atoms with Crippen molar-refractivity contribution in [3.05, 3.63) is 18.1 Å². The summed E-state index contributed by atoms with van der Waals surface area (Å²) in [6.45, 7) is 4.98. The molecule has 0 aliphatic heterocycles. The number of nitrogens with zero attached hydrogens (tertiary/aromatic N) is 2. The highest BCUT2D eigenvalue weighted by Crippen LogP contribution is 2.31. The third kappa shape index (κ3) is 2.94. The maximum Gasteiger partial charge on any atom is 0.237 e. The molecule has 1 aliphatic rings. The van der Waals surface area contributed by atoms with Gasteiger partial charge >= 0.3 is 0 Å². The normalized spacial score (nSPS) is 29.0. The Morgan fingerprint density at radius 3 is 2.71 bits per heavy atom. The number of ether oxygens (including phenoxy) is 1. The molecule has 1 fully saturated rings. The van der Waals surface area contributed by atoms with Crippen LogP contribution in [0.4, 0.5) is 0 Å². The van der Waals surface area contributed by atoms with E-state index in [-0.39, 0.29) is 6.10 Å². The number of aromatic nitrogens is 2. The van der Waals surface area contributed by atoms with Crippen molar-refractivity contribution < 1.29 is 4.74 Å². The van der Waals surface area contributed by atoms with E-state index in [9.17, 15) is 0 Å². The van der Waals surface area contributed by atoms with Gasteiger partial charge in [-0.25, -0.2) is 4.98 Å². The quantitative estimate of drug-likeness (QED) is 0.872. The van der Waals surface area contributed by atoms with Crippen LogP contribution in [0.25, 0.3) is 0 Å². The summed E-state index contributed by atoms with van der Waals surface area (Å²) in [5.41, 5.74) is 6.37. The second kappa shape index (κ2) is 5.45. The molecule has 1 aromatic rings. The zero-order valence-electron chi connectivity index (χ0n) is 10.6. The fourth-order valence-electron chi connectivity index (χ4n) is 2.36. The molecule has 3 atom stereocenters. The van der Waals surface area contributed by atoms with Gasteiger partial charge in [-0.3, -0.25) is 4.98 Å². The summed E-state index contributed by atoms with van der Waals surface area (Å²) in [5, 5.41) is 0. The lowest BCUT2D eigenvalue weighted by Crippen LogP contribution is -2.29. The van der Waals surface area contributed by atoms with Crippen LogP contribution < -0.4 is 10.5 Å². The van der Waals surface area contributed by atoms with Gasteiger partial charge in [-0.05, 0) is 31.1 Å². The van der Waals surface area contributed by atoms with Crippen LogP contribution in [0.1, 0.15) is 38.8 Å². The fourth-order valence-corrected chi connectivity index (χ4v) is 2.36. The molecule has 94 valence electrons. The second-order valence-electron chi connectivity index (χ2n) is 5.02. The molecule has 3 unspecified atom stereocenters. The molecule has 17 heavy (non-hydrogen) atoms. The number of rotatable bonds is 3. The van der Waals surface area contributed by atoms with Crippen molar-refractivity contribution in [2.75, 3.05) is 0 Å². The minimum Gasteiger partial charge on any atom is -0.473 e. The van der Waals surface area contributed by atoms with Crippen molar-refractivity contribution in [2.24, 2.45) is 17.6 Å². The van der Waals surface area contributed by atoms with E-state index in [0.29, 0.717) is 18.3 Å². The molecule has 1 heterocycles. The number of hydrogen-bond acceptors (Lipinski definition) is 4. The van der Waals surface area contributed by atoms with Crippen molar-refractivity contribution in [1.82, 2.24) is 9.97 Å². The van der Waals surface area contributed by atoms with E-state index in [0.717, 1.165) is 24.5 Å². The zero-order valence-corrected chi connectivity index (χ0v) is 10.6. The first-order chi connectivity index (χ1) is 8.20. The van der Waals surface area contributed by atoms with E-state index >= 15 is 0 Å². The van der Waals surface area contributed by atoms with Crippen molar-refractivity contribution in [2.45, 2.75) is 45.8 Å². The summed E-state index contributed by atoms with van der Waals surface area (Å²) in [7, 11) is 0. The van der Waals surface area contributed by atoms with Crippen molar-refractivity contribution in [3.8, 4) is 5.88 Å². The lowest BCUT2D eigenvalue weighted by Gasteiger charge is -2.32. The minimum absolute atomic E-state index is 0.267. The van der Waals surface area contributed by atoms with E-state index in [1.54, 1.807) is 12.4 Å². The van der Waals surface area contributed by atoms with Gasteiger partial charge in [0.2, 0.25) is 5.88 Å². The molecule has 2 rings (SSSR count). The Bertz CT molecular complexity index is 369. The summed E-state index contributed by atoms with van der Waals surface area (Å²) in [6.07, 6.45) is 7.00. The molecule has 0 saturated heterocycles. The summed E-state index contributed by atoms with van der Waals surface area (Å²) < 4.78 is 5.94. The molecule has 0 aromatic carbocycles. The van der Waals surface area contributed by atoms with E-state index < -0.39 is 0 Å². The lowest BCUT2D eigenvalue weighted by atomic mass is 9.80. The molecule has 0 amide bonds. The van der Waals surface area contributed by atoms with Crippen LogP contribution in [-0.4, -0.2) is 16.1 Å². The molecule has 1 aromatic heterocycles. The summed E-state index contributed by atoms with van der Waals surface area (Å²) >= 11 is 0. The Kier molecular flexibility index (Phi) is 3.94. The van der Waals surface area contributed by atoms with E-state index in [4.69, 9.17) is 10.5 Å². The molecule has 4 nitrogen and oxygen atoms in total. The van der Waals surface area contributed by atoms with Gasteiger partial charge in [0.15, 0.2) is 0 Å². The van der Waals surface area contributed by atoms with Crippen molar-refractivity contribution >= 4 is 0 Å². The number of hydrogen-bond donors (Lipinski definition) is 1. The molecule has 0 bridgehead atoms. The third-order valence-corrected chi connectivity index (χ3v) is 3.76.